The zero-order valence-corrected chi connectivity index (χ0v) is 19.1. The summed E-state index contributed by atoms with van der Waals surface area (Å²) in [6.07, 6.45) is 3.23. The van der Waals surface area contributed by atoms with Crippen LogP contribution in [0, 0.1) is 0 Å². The zero-order chi connectivity index (χ0) is 22.9. The number of fused-ring (bicyclic) bond motifs is 1. The van der Waals surface area contributed by atoms with Crippen molar-refractivity contribution in [2.24, 2.45) is 7.05 Å². The Morgan fingerprint density at radius 3 is 2.68 bits per heavy atom. The standard InChI is InChI=1S/C21H32N6O4/c1-13(2)9-11-27-15-16(25(6)19(29)24-17(15)28)23-18(27)26-10-7-8-14(12-26)22-20(30)31-21(3,4)5/h9,14H,7-8,10-12H2,1-6H3,(H,22,30)(H,24,28,29). The Morgan fingerprint density at radius 2 is 2.03 bits per heavy atom. The van der Waals surface area contributed by atoms with Gasteiger partial charge in [0.2, 0.25) is 5.95 Å². The van der Waals surface area contributed by atoms with E-state index in [9.17, 15) is 14.4 Å². The Bertz CT molecular complexity index is 1110. The molecular weight excluding hydrogens is 400 g/mol. The molecule has 1 atom stereocenters. The first kappa shape index (κ1) is 22.6. The van der Waals surface area contributed by atoms with Gasteiger partial charge in [0.15, 0.2) is 11.2 Å². The number of anilines is 1. The summed E-state index contributed by atoms with van der Waals surface area (Å²) in [5.41, 5.74) is 0.281. The summed E-state index contributed by atoms with van der Waals surface area (Å²) in [6.45, 7) is 11.2. The average molecular weight is 433 g/mol. The van der Waals surface area contributed by atoms with E-state index in [4.69, 9.17) is 4.74 Å². The van der Waals surface area contributed by atoms with Crippen LogP contribution in [0.5, 0.6) is 0 Å². The average Bonchev–Trinajstić information content (AvgIpc) is 3.03. The number of aromatic nitrogens is 4. The minimum atomic E-state index is -0.567. The molecule has 0 aromatic carbocycles. The largest absolute Gasteiger partial charge is 0.444 e. The van der Waals surface area contributed by atoms with E-state index in [-0.39, 0.29) is 6.04 Å². The third-order valence-electron chi connectivity index (χ3n) is 5.09. The lowest BCUT2D eigenvalue weighted by Gasteiger charge is -2.34. The summed E-state index contributed by atoms with van der Waals surface area (Å²) < 4.78 is 8.56. The molecule has 0 aliphatic carbocycles. The molecule has 2 aromatic rings. The van der Waals surface area contributed by atoms with Gasteiger partial charge in [-0.25, -0.2) is 9.59 Å². The van der Waals surface area contributed by atoms with E-state index >= 15 is 0 Å². The lowest BCUT2D eigenvalue weighted by molar-refractivity contribution is 0.0500. The van der Waals surface area contributed by atoms with Crippen molar-refractivity contribution in [2.45, 2.75) is 65.6 Å². The maximum Gasteiger partial charge on any atom is 0.407 e. The van der Waals surface area contributed by atoms with Crippen molar-refractivity contribution in [3.8, 4) is 0 Å². The number of carbonyl (C=O) groups excluding carboxylic acids is 1. The van der Waals surface area contributed by atoms with Crippen LogP contribution >= 0.6 is 0 Å². The van der Waals surface area contributed by atoms with Crippen molar-refractivity contribution < 1.29 is 9.53 Å². The molecule has 0 radical (unpaired) electrons. The van der Waals surface area contributed by atoms with Crippen molar-refractivity contribution in [1.29, 1.82) is 0 Å². The quantitative estimate of drug-likeness (QED) is 0.713. The van der Waals surface area contributed by atoms with E-state index in [0.717, 1.165) is 25.0 Å². The molecule has 1 fully saturated rings. The predicted octanol–water partition coefficient (Wildman–Crippen LogP) is 1.88. The molecular formula is C21H32N6O4. The van der Waals surface area contributed by atoms with Crippen LogP contribution in [0.4, 0.5) is 10.7 Å². The normalized spacial score (nSPS) is 17.0. The fourth-order valence-corrected chi connectivity index (χ4v) is 3.66. The van der Waals surface area contributed by atoms with E-state index in [1.54, 1.807) is 7.05 Å². The number of H-pyrrole nitrogens is 1. The number of rotatable bonds is 4. The summed E-state index contributed by atoms with van der Waals surface area (Å²) in [4.78, 5) is 46.0. The molecule has 3 heterocycles. The molecule has 2 N–H and O–H groups in total. The first-order valence-electron chi connectivity index (χ1n) is 10.5. The van der Waals surface area contributed by atoms with Crippen molar-refractivity contribution in [3.63, 3.8) is 0 Å². The smallest absolute Gasteiger partial charge is 0.407 e. The Labute approximate surface area is 180 Å². The van der Waals surface area contributed by atoms with Gasteiger partial charge in [0.05, 0.1) is 0 Å². The Kier molecular flexibility index (Phi) is 6.28. The van der Waals surface area contributed by atoms with E-state index in [1.807, 2.05) is 50.2 Å². The van der Waals surface area contributed by atoms with Gasteiger partial charge in [-0.15, -0.1) is 0 Å². The molecule has 1 amide bonds. The minimum absolute atomic E-state index is 0.109. The molecule has 3 rings (SSSR count). The third kappa shape index (κ3) is 5.18. The topological polar surface area (TPSA) is 114 Å². The molecule has 0 saturated carbocycles. The fourth-order valence-electron chi connectivity index (χ4n) is 3.66. The number of hydrogen-bond donors (Lipinski definition) is 2. The highest BCUT2D eigenvalue weighted by atomic mass is 16.6. The van der Waals surface area contributed by atoms with Crippen LogP contribution in [0.2, 0.25) is 0 Å². The summed E-state index contributed by atoms with van der Waals surface area (Å²) in [7, 11) is 1.59. The number of imidazole rings is 1. The minimum Gasteiger partial charge on any atom is -0.444 e. The highest BCUT2D eigenvalue weighted by molar-refractivity contribution is 5.74. The van der Waals surface area contributed by atoms with Gasteiger partial charge in [0, 0.05) is 32.7 Å². The lowest BCUT2D eigenvalue weighted by atomic mass is 10.1. The summed E-state index contributed by atoms with van der Waals surface area (Å²) in [5, 5.41) is 2.94. The van der Waals surface area contributed by atoms with Crippen molar-refractivity contribution >= 4 is 23.2 Å². The van der Waals surface area contributed by atoms with Gasteiger partial charge in [-0.2, -0.15) is 4.98 Å². The van der Waals surface area contributed by atoms with Crippen LogP contribution in [0.3, 0.4) is 0 Å². The van der Waals surface area contributed by atoms with Crippen LogP contribution in [-0.2, 0) is 18.3 Å². The second-order valence-corrected chi connectivity index (χ2v) is 9.23. The summed E-state index contributed by atoms with van der Waals surface area (Å²) in [5.74, 6) is 0.606. The molecule has 2 aromatic heterocycles. The van der Waals surface area contributed by atoms with E-state index < -0.39 is 22.9 Å². The molecule has 1 unspecified atom stereocenters. The Hall–Kier alpha value is -3.04. The second kappa shape index (κ2) is 8.60. The van der Waals surface area contributed by atoms with Crippen LogP contribution < -0.4 is 21.5 Å². The van der Waals surface area contributed by atoms with E-state index in [2.05, 4.69) is 15.3 Å². The third-order valence-corrected chi connectivity index (χ3v) is 5.09. The van der Waals surface area contributed by atoms with Crippen molar-refractivity contribution in [1.82, 2.24) is 24.4 Å². The molecule has 10 nitrogen and oxygen atoms in total. The monoisotopic (exact) mass is 432 g/mol. The highest BCUT2D eigenvalue weighted by Gasteiger charge is 2.28. The summed E-state index contributed by atoms with van der Waals surface area (Å²) >= 11 is 0. The van der Waals surface area contributed by atoms with Gasteiger partial charge >= 0.3 is 11.8 Å². The first-order chi connectivity index (χ1) is 14.5. The van der Waals surface area contributed by atoms with Crippen molar-refractivity contribution in [3.05, 3.63) is 32.5 Å². The van der Waals surface area contributed by atoms with Crippen LogP contribution in [0.25, 0.3) is 11.2 Å². The molecule has 170 valence electrons. The number of carbonyl (C=O) groups is 1. The van der Waals surface area contributed by atoms with Gasteiger partial charge in [0.1, 0.15) is 5.60 Å². The number of aryl methyl sites for hydroxylation is 1. The molecule has 1 saturated heterocycles. The number of hydrogen-bond acceptors (Lipinski definition) is 6. The van der Waals surface area contributed by atoms with Gasteiger partial charge in [-0.3, -0.25) is 14.3 Å². The van der Waals surface area contributed by atoms with Gasteiger partial charge in [0.25, 0.3) is 5.56 Å². The molecule has 31 heavy (non-hydrogen) atoms. The number of allylic oxidation sites excluding steroid dienone is 2. The van der Waals surface area contributed by atoms with E-state index in [1.165, 1.54) is 4.57 Å². The first-order valence-corrected chi connectivity index (χ1v) is 10.5. The molecule has 0 spiro atoms. The number of aromatic amines is 1. The maximum absolute atomic E-state index is 12.6. The van der Waals surface area contributed by atoms with Crippen molar-refractivity contribution in [2.75, 3.05) is 18.0 Å². The van der Waals surface area contributed by atoms with Crippen LogP contribution in [0.1, 0.15) is 47.5 Å². The maximum atomic E-state index is 12.6. The number of piperidine rings is 1. The number of amides is 1. The predicted molar refractivity (Wildman–Crippen MR) is 120 cm³/mol. The van der Waals surface area contributed by atoms with E-state index in [0.29, 0.717) is 30.2 Å². The SMILES string of the molecule is CC(C)=CCn1c(N2CCCC(NC(=O)OC(C)(C)C)C2)nc2c1c(=O)[nH]c(=O)n2C. The zero-order valence-electron chi connectivity index (χ0n) is 19.1. The number of alkyl carbamates (subject to hydrolysis) is 1. The van der Waals surface area contributed by atoms with Crippen LogP contribution in [-0.4, -0.2) is 49.9 Å². The number of nitrogens with zero attached hydrogens (tertiary/aromatic N) is 4. The molecule has 0 bridgehead atoms. The molecule has 1 aliphatic heterocycles. The Balaban J connectivity index is 1.96. The van der Waals surface area contributed by atoms with Crippen LogP contribution in [0.15, 0.2) is 21.2 Å². The molecule has 10 heteroatoms. The lowest BCUT2D eigenvalue weighted by Crippen LogP contribution is -2.49. The van der Waals surface area contributed by atoms with Gasteiger partial charge in [-0.1, -0.05) is 11.6 Å². The molecule has 1 aliphatic rings. The van der Waals surface area contributed by atoms with Gasteiger partial charge in [-0.05, 0) is 47.5 Å². The van der Waals surface area contributed by atoms with Gasteiger partial charge < -0.3 is 19.5 Å². The number of ether oxygens (including phenoxy) is 1. The fraction of sp³-hybridized carbons (Fsp3) is 0.619. The summed E-state index contributed by atoms with van der Waals surface area (Å²) in [6, 6.07) is -0.109. The second-order valence-electron chi connectivity index (χ2n) is 9.23. The Morgan fingerprint density at radius 1 is 1.32 bits per heavy atom. The highest BCUT2D eigenvalue weighted by Crippen LogP contribution is 2.23. The number of nitrogens with one attached hydrogen (secondary N) is 2.